The number of hydrazone groups is 1. The minimum atomic E-state index is -0.531. The largest absolute Gasteiger partial charge is 0.483 e. The summed E-state index contributed by atoms with van der Waals surface area (Å²) < 4.78 is 21.6. The second-order valence-electron chi connectivity index (χ2n) is 7.59. The van der Waals surface area contributed by atoms with Crippen molar-refractivity contribution < 1.29 is 28.5 Å². The molecule has 0 saturated carbocycles. The van der Waals surface area contributed by atoms with Crippen molar-refractivity contribution in [2.75, 3.05) is 13.4 Å². The molecule has 0 radical (unpaired) electrons. The summed E-state index contributed by atoms with van der Waals surface area (Å²) in [5.41, 5.74) is 3.41. The van der Waals surface area contributed by atoms with Crippen LogP contribution in [0.2, 0.25) is 0 Å². The van der Waals surface area contributed by atoms with Gasteiger partial charge in [-0.15, -0.1) is 0 Å². The molecule has 4 aromatic rings. The minimum Gasteiger partial charge on any atom is -0.483 e. The van der Waals surface area contributed by atoms with E-state index in [9.17, 15) is 9.59 Å². The third-order valence-electron chi connectivity index (χ3n) is 5.19. The highest BCUT2D eigenvalue weighted by atomic mass is 16.7. The molecule has 1 amide bonds. The van der Waals surface area contributed by atoms with Crippen LogP contribution in [0.1, 0.15) is 15.9 Å². The first-order chi connectivity index (χ1) is 17.2. The van der Waals surface area contributed by atoms with Crippen molar-refractivity contribution in [3.05, 3.63) is 96.1 Å². The van der Waals surface area contributed by atoms with Crippen LogP contribution in [0.3, 0.4) is 0 Å². The average Bonchev–Trinajstić information content (AvgIpc) is 3.36. The van der Waals surface area contributed by atoms with Crippen molar-refractivity contribution in [1.29, 1.82) is 0 Å². The Balaban J connectivity index is 1.15. The van der Waals surface area contributed by atoms with Crippen molar-refractivity contribution in [3.63, 3.8) is 0 Å². The second kappa shape index (κ2) is 9.96. The number of hydrogen-bond donors (Lipinski definition) is 1. The lowest BCUT2D eigenvalue weighted by Crippen LogP contribution is -2.24. The smallest absolute Gasteiger partial charge is 0.343 e. The van der Waals surface area contributed by atoms with Crippen LogP contribution in [0.25, 0.3) is 10.8 Å². The Hall–Kier alpha value is -4.85. The van der Waals surface area contributed by atoms with Crippen molar-refractivity contribution in [1.82, 2.24) is 5.43 Å². The lowest BCUT2D eigenvalue weighted by Gasteiger charge is -2.08. The number of carbonyl (C=O) groups excluding carboxylic acids is 2. The van der Waals surface area contributed by atoms with Crippen molar-refractivity contribution in [2.45, 2.75) is 0 Å². The first kappa shape index (κ1) is 22.0. The third-order valence-corrected chi connectivity index (χ3v) is 5.19. The molecule has 0 fully saturated rings. The lowest BCUT2D eigenvalue weighted by molar-refractivity contribution is -0.123. The van der Waals surface area contributed by atoms with Gasteiger partial charge in [0.25, 0.3) is 5.91 Å². The van der Waals surface area contributed by atoms with Crippen LogP contribution in [-0.2, 0) is 4.79 Å². The summed E-state index contributed by atoms with van der Waals surface area (Å²) >= 11 is 0. The van der Waals surface area contributed by atoms with Crippen molar-refractivity contribution in [3.8, 4) is 23.0 Å². The summed E-state index contributed by atoms with van der Waals surface area (Å²) in [5, 5.41) is 5.92. The number of esters is 1. The van der Waals surface area contributed by atoms with E-state index >= 15 is 0 Å². The van der Waals surface area contributed by atoms with Gasteiger partial charge in [-0.3, -0.25) is 4.79 Å². The molecule has 0 saturated heterocycles. The standard InChI is InChI=1S/C27H20N2O6/c30-26(16-32-23-10-4-7-19-6-1-2-9-22(19)23)29-28-15-18-5-3-8-21(13-18)35-27(31)20-11-12-24-25(14-20)34-17-33-24/h1-15H,16-17H2,(H,29,30)/b28-15+. The van der Waals surface area contributed by atoms with Crippen LogP contribution in [0, 0.1) is 0 Å². The van der Waals surface area contributed by atoms with E-state index in [1.807, 2.05) is 42.5 Å². The maximum absolute atomic E-state index is 12.5. The fourth-order valence-electron chi connectivity index (χ4n) is 3.52. The molecule has 1 aliphatic rings. The number of fused-ring (bicyclic) bond motifs is 2. The molecule has 0 bridgehead atoms. The van der Waals surface area contributed by atoms with E-state index in [1.54, 1.807) is 42.5 Å². The maximum atomic E-state index is 12.5. The summed E-state index contributed by atoms with van der Waals surface area (Å²) in [6.45, 7) is -0.0560. The van der Waals surface area contributed by atoms with Gasteiger partial charge in [0.1, 0.15) is 11.5 Å². The van der Waals surface area contributed by atoms with E-state index in [4.69, 9.17) is 18.9 Å². The highest BCUT2D eigenvalue weighted by molar-refractivity contribution is 5.92. The van der Waals surface area contributed by atoms with Gasteiger partial charge in [-0.05, 0) is 47.3 Å². The molecule has 1 heterocycles. The SMILES string of the molecule is O=C(COc1cccc2ccccc12)N/N=C/c1cccc(OC(=O)c2ccc3c(c2)OCO3)c1. The molecule has 174 valence electrons. The zero-order valence-corrected chi connectivity index (χ0v) is 18.5. The predicted molar refractivity (Wildman–Crippen MR) is 129 cm³/mol. The Labute approximate surface area is 200 Å². The van der Waals surface area contributed by atoms with E-state index < -0.39 is 11.9 Å². The van der Waals surface area contributed by atoms with Gasteiger partial charge in [-0.2, -0.15) is 5.10 Å². The molecular formula is C27H20N2O6. The highest BCUT2D eigenvalue weighted by Gasteiger charge is 2.17. The van der Waals surface area contributed by atoms with Crippen molar-refractivity contribution in [2.24, 2.45) is 5.10 Å². The van der Waals surface area contributed by atoms with Gasteiger partial charge >= 0.3 is 5.97 Å². The number of nitrogens with one attached hydrogen (secondary N) is 1. The summed E-state index contributed by atoms with van der Waals surface area (Å²) in [4.78, 5) is 24.6. The molecule has 1 N–H and O–H groups in total. The Morgan fingerprint density at radius 1 is 0.914 bits per heavy atom. The van der Waals surface area contributed by atoms with Crippen LogP contribution in [0.15, 0.2) is 90.0 Å². The summed E-state index contributed by atoms with van der Waals surface area (Å²) in [6, 6.07) is 25.1. The van der Waals surface area contributed by atoms with Crippen LogP contribution in [0.5, 0.6) is 23.0 Å². The third kappa shape index (κ3) is 5.22. The zero-order valence-electron chi connectivity index (χ0n) is 18.5. The molecule has 8 heteroatoms. The summed E-state index contributed by atoms with van der Waals surface area (Å²) in [7, 11) is 0. The van der Waals surface area contributed by atoms with Gasteiger partial charge in [0.05, 0.1) is 11.8 Å². The molecule has 35 heavy (non-hydrogen) atoms. The first-order valence-electron chi connectivity index (χ1n) is 10.8. The van der Waals surface area contributed by atoms with Gasteiger partial charge in [-0.25, -0.2) is 10.2 Å². The topological polar surface area (TPSA) is 95.5 Å². The molecular weight excluding hydrogens is 448 g/mol. The van der Waals surface area contributed by atoms with E-state index in [0.29, 0.717) is 34.1 Å². The average molecular weight is 468 g/mol. The van der Waals surface area contributed by atoms with E-state index in [1.165, 1.54) is 6.21 Å². The lowest BCUT2D eigenvalue weighted by atomic mass is 10.1. The number of hydrogen-bond acceptors (Lipinski definition) is 7. The molecule has 0 aromatic heterocycles. The second-order valence-corrected chi connectivity index (χ2v) is 7.59. The molecule has 0 atom stereocenters. The number of rotatable bonds is 7. The first-order valence-corrected chi connectivity index (χ1v) is 10.8. The Bertz CT molecular complexity index is 1430. The molecule has 8 nitrogen and oxygen atoms in total. The number of carbonyl (C=O) groups is 2. The van der Waals surface area contributed by atoms with Crippen LogP contribution in [-0.4, -0.2) is 31.5 Å². The van der Waals surface area contributed by atoms with E-state index in [0.717, 1.165) is 10.8 Å². The molecule has 0 aliphatic carbocycles. The summed E-state index contributed by atoms with van der Waals surface area (Å²) in [5.74, 6) is 1.11. The Kier molecular flexibility index (Phi) is 6.25. The fourth-order valence-corrected chi connectivity index (χ4v) is 3.52. The number of nitrogens with zero attached hydrogens (tertiary/aromatic N) is 1. The molecule has 4 aromatic carbocycles. The monoisotopic (exact) mass is 468 g/mol. The van der Waals surface area contributed by atoms with Gasteiger partial charge < -0.3 is 18.9 Å². The highest BCUT2D eigenvalue weighted by Crippen LogP contribution is 2.32. The van der Waals surface area contributed by atoms with Crippen LogP contribution < -0.4 is 24.4 Å². The Morgan fingerprint density at radius 3 is 2.69 bits per heavy atom. The fraction of sp³-hybridized carbons (Fsp3) is 0.0741. The van der Waals surface area contributed by atoms with E-state index in [-0.39, 0.29) is 13.4 Å². The molecule has 0 unspecified atom stereocenters. The molecule has 0 spiro atoms. The van der Waals surface area contributed by atoms with Crippen LogP contribution in [0.4, 0.5) is 0 Å². The van der Waals surface area contributed by atoms with E-state index in [2.05, 4.69) is 10.5 Å². The quantitative estimate of drug-likeness (QED) is 0.188. The number of benzene rings is 4. The normalized spacial score (nSPS) is 12.0. The number of ether oxygens (including phenoxy) is 4. The predicted octanol–water partition coefficient (Wildman–Crippen LogP) is 4.32. The zero-order chi connectivity index (χ0) is 24.0. The van der Waals surface area contributed by atoms with Gasteiger partial charge in [-0.1, -0.05) is 48.5 Å². The van der Waals surface area contributed by atoms with Crippen molar-refractivity contribution >= 4 is 28.9 Å². The van der Waals surface area contributed by atoms with Gasteiger partial charge in [0, 0.05) is 5.39 Å². The number of amides is 1. The van der Waals surface area contributed by atoms with Crippen LogP contribution >= 0.6 is 0 Å². The Morgan fingerprint density at radius 2 is 1.74 bits per heavy atom. The van der Waals surface area contributed by atoms with Gasteiger partial charge in [0.2, 0.25) is 6.79 Å². The molecule has 5 rings (SSSR count). The maximum Gasteiger partial charge on any atom is 0.343 e. The summed E-state index contributed by atoms with van der Waals surface area (Å²) in [6.07, 6.45) is 1.45. The molecule has 1 aliphatic heterocycles. The van der Waals surface area contributed by atoms with Gasteiger partial charge in [0.15, 0.2) is 18.1 Å². The minimum absolute atomic E-state index is 0.126.